The quantitative estimate of drug-likeness (QED) is 0.515. The zero-order valence-electron chi connectivity index (χ0n) is 8.16. The highest BCUT2D eigenvalue weighted by Gasteiger charge is 2.31. The maximum absolute atomic E-state index is 10.8. The molecule has 0 radical (unpaired) electrons. The van der Waals surface area contributed by atoms with Crippen molar-refractivity contribution in [3.8, 4) is 0 Å². The monoisotopic (exact) mass is 224 g/mol. The van der Waals surface area contributed by atoms with Crippen LogP contribution in [0.2, 0.25) is 0 Å². The fourth-order valence-electron chi connectivity index (χ4n) is 1.53. The molecule has 2 rings (SSSR count). The molecule has 16 heavy (non-hydrogen) atoms. The molecule has 1 unspecified atom stereocenters. The third-order valence-corrected chi connectivity index (χ3v) is 2.41. The zero-order chi connectivity index (χ0) is 11.7. The summed E-state index contributed by atoms with van der Waals surface area (Å²) < 4.78 is 5.06. The second-order valence-electron chi connectivity index (χ2n) is 3.38. The van der Waals surface area contributed by atoms with E-state index in [0.29, 0.717) is 24.4 Å². The number of nitro groups is 2. The fraction of sp³-hybridized carbons (Fsp3) is 0.333. The Morgan fingerprint density at radius 2 is 2.06 bits per heavy atom. The van der Waals surface area contributed by atoms with Crippen molar-refractivity contribution in [2.75, 3.05) is 6.61 Å². The number of hydrogen-bond donors (Lipinski definition) is 0. The van der Waals surface area contributed by atoms with Crippen LogP contribution in [0.25, 0.3) is 0 Å². The molecule has 1 aliphatic heterocycles. The molecule has 1 aliphatic carbocycles. The molecule has 0 saturated carbocycles. The molecule has 0 bridgehead atoms. The first-order valence-electron chi connectivity index (χ1n) is 4.64. The molecule has 7 heteroatoms. The summed E-state index contributed by atoms with van der Waals surface area (Å²) in [5.74, 6) is 0.529. The first-order chi connectivity index (χ1) is 7.59. The summed E-state index contributed by atoms with van der Waals surface area (Å²) >= 11 is 0. The Kier molecular flexibility index (Phi) is 2.43. The molecule has 0 aromatic rings. The van der Waals surface area contributed by atoms with Crippen LogP contribution >= 0.6 is 0 Å². The lowest BCUT2D eigenvalue weighted by molar-refractivity contribution is -0.499. The van der Waals surface area contributed by atoms with Gasteiger partial charge >= 0.3 is 0 Å². The SMILES string of the molecule is O=[N+]([O-])C1=CC([N+](=O)[O-])C=C/C1=C1\CCO1. The zero-order valence-corrected chi connectivity index (χ0v) is 8.16. The molecule has 1 heterocycles. The molecule has 0 amide bonds. The van der Waals surface area contributed by atoms with Crippen LogP contribution in [0.1, 0.15) is 6.42 Å². The van der Waals surface area contributed by atoms with Gasteiger partial charge in [-0.2, -0.15) is 0 Å². The molecule has 0 spiro atoms. The van der Waals surface area contributed by atoms with Crippen molar-refractivity contribution in [2.45, 2.75) is 12.5 Å². The molecule has 1 atom stereocenters. The van der Waals surface area contributed by atoms with Crippen molar-refractivity contribution in [3.05, 3.63) is 55.5 Å². The van der Waals surface area contributed by atoms with Gasteiger partial charge in [0, 0.05) is 11.3 Å². The number of allylic oxidation sites excluding steroid dienone is 1. The number of ether oxygens (including phenoxy) is 1. The predicted octanol–water partition coefficient (Wildman–Crippen LogP) is 1.04. The van der Waals surface area contributed by atoms with Gasteiger partial charge in [-0.3, -0.25) is 20.2 Å². The lowest BCUT2D eigenvalue weighted by Gasteiger charge is -2.22. The molecular weight excluding hydrogens is 216 g/mol. The molecule has 0 aromatic carbocycles. The third-order valence-electron chi connectivity index (χ3n) is 2.41. The van der Waals surface area contributed by atoms with E-state index in [4.69, 9.17) is 4.74 Å². The van der Waals surface area contributed by atoms with Crippen LogP contribution < -0.4 is 0 Å². The van der Waals surface area contributed by atoms with Gasteiger partial charge in [0.25, 0.3) is 11.7 Å². The van der Waals surface area contributed by atoms with Crippen molar-refractivity contribution < 1.29 is 14.6 Å². The van der Waals surface area contributed by atoms with Gasteiger partial charge in [0.1, 0.15) is 5.76 Å². The van der Waals surface area contributed by atoms with E-state index in [2.05, 4.69) is 0 Å². The number of rotatable bonds is 2. The smallest absolute Gasteiger partial charge is 0.283 e. The Hall–Kier alpha value is -2.18. The highest BCUT2D eigenvalue weighted by atomic mass is 16.6. The van der Waals surface area contributed by atoms with Gasteiger partial charge in [0.05, 0.1) is 23.2 Å². The second-order valence-corrected chi connectivity index (χ2v) is 3.38. The predicted molar refractivity (Wildman–Crippen MR) is 52.6 cm³/mol. The van der Waals surface area contributed by atoms with Gasteiger partial charge < -0.3 is 4.74 Å². The summed E-state index contributed by atoms with van der Waals surface area (Å²) in [6.45, 7) is 0.538. The van der Waals surface area contributed by atoms with Gasteiger partial charge in [-0.1, -0.05) is 0 Å². The number of hydrogen-bond acceptors (Lipinski definition) is 5. The summed E-state index contributed by atoms with van der Waals surface area (Å²) in [5.41, 5.74) is 0.0910. The van der Waals surface area contributed by atoms with Gasteiger partial charge in [-0.25, -0.2) is 0 Å². The largest absolute Gasteiger partial charge is 0.496 e. The van der Waals surface area contributed by atoms with Crippen molar-refractivity contribution in [1.82, 2.24) is 0 Å². The highest BCUT2D eigenvalue weighted by Crippen LogP contribution is 2.29. The minimum Gasteiger partial charge on any atom is -0.496 e. The van der Waals surface area contributed by atoms with Gasteiger partial charge in [-0.05, 0) is 12.2 Å². The van der Waals surface area contributed by atoms with Crippen LogP contribution in [-0.2, 0) is 4.74 Å². The van der Waals surface area contributed by atoms with Crippen LogP contribution in [0.3, 0.4) is 0 Å². The number of nitrogens with zero attached hydrogens (tertiary/aromatic N) is 2. The van der Waals surface area contributed by atoms with Crippen molar-refractivity contribution in [1.29, 1.82) is 0 Å². The summed E-state index contributed by atoms with van der Waals surface area (Å²) in [6.07, 6.45) is 4.37. The molecule has 1 saturated heterocycles. The van der Waals surface area contributed by atoms with Crippen LogP contribution in [0, 0.1) is 20.2 Å². The van der Waals surface area contributed by atoms with E-state index >= 15 is 0 Å². The molecule has 1 fully saturated rings. The molecule has 7 nitrogen and oxygen atoms in total. The maximum atomic E-state index is 10.8. The first kappa shape index (κ1) is 10.3. The van der Waals surface area contributed by atoms with E-state index in [0.717, 1.165) is 6.08 Å². The van der Waals surface area contributed by atoms with E-state index in [9.17, 15) is 20.2 Å². The molecule has 0 aromatic heterocycles. The average molecular weight is 224 g/mol. The molecule has 84 valence electrons. The van der Waals surface area contributed by atoms with Crippen LogP contribution in [0.4, 0.5) is 0 Å². The van der Waals surface area contributed by atoms with E-state index in [1.54, 1.807) is 0 Å². The Bertz CT molecular complexity index is 443. The average Bonchev–Trinajstić information content (AvgIpc) is 2.14. The lowest BCUT2D eigenvalue weighted by Crippen LogP contribution is -2.22. The topological polar surface area (TPSA) is 95.5 Å². The summed E-state index contributed by atoms with van der Waals surface area (Å²) in [6, 6.07) is -1.13. The fourth-order valence-corrected chi connectivity index (χ4v) is 1.53. The van der Waals surface area contributed by atoms with Gasteiger partial charge in [-0.15, -0.1) is 0 Å². The summed E-state index contributed by atoms with van der Waals surface area (Å²) in [5, 5.41) is 21.3. The minimum absolute atomic E-state index is 0.251. The third kappa shape index (κ3) is 1.67. The van der Waals surface area contributed by atoms with Gasteiger partial charge in [0.15, 0.2) is 0 Å². The molecular formula is C9H8N2O5. The highest BCUT2D eigenvalue weighted by molar-refractivity contribution is 5.43. The summed E-state index contributed by atoms with van der Waals surface area (Å²) in [7, 11) is 0. The second kappa shape index (κ2) is 3.76. The Morgan fingerprint density at radius 3 is 2.50 bits per heavy atom. The Morgan fingerprint density at radius 1 is 1.38 bits per heavy atom. The molecule has 0 N–H and O–H groups in total. The van der Waals surface area contributed by atoms with Gasteiger partial charge in [0.2, 0.25) is 0 Å². The standard InChI is InChI=1S/C9H8N2O5/c12-10(13)6-1-2-7(9-3-4-16-9)8(5-6)11(14)15/h1-2,5-6H,3-4H2/b9-7-. The van der Waals surface area contributed by atoms with Crippen LogP contribution in [-0.4, -0.2) is 22.5 Å². The van der Waals surface area contributed by atoms with E-state index < -0.39 is 15.9 Å². The first-order valence-corrected chi connectivity index (χ1v) is 4.64. The van der Waals surface area contributed by atoms with Crippen molar-refractivity contribution >= 4 is 0 Å². The maximum Gasteiger partial charge on any atom is 0.283 e. The minimum atomic E-state index is -1.13. The summed E-state index contributed by atoms with van der Waals surface area (Å²) in [4.78, 5) is 20.1. The lowest BCUT2D eigenvalue weighted by atomic mass is 9.99. The van der Waals surface area contributed by atoms with Crippen molar-refractivity contribution in [3.63, 3.8) is 0 Å². The van der Waals surface area contributed by atoms with Crippen molar-refractivity contribution in [2.24, 2.45) is 0 Å². The molecule has 2 aliphatic rings. The van der Waals surface area contributed by atoms with E-state index in [1.165, 1.54) is 12.2 Å². The van der Waals surface area contributed by atoms with Crippen LogP contribution in [0.5, 0.6) is 0 Å². The Balaban J connectivity index is 2.37. The van der Waals surface area contributed by atoms with E-state index in [1.807, 2.05) is 0 Å². The van der Waals surface area contributed by atoms with E-state index in [-0.39, 0.29) is 5.70 Å². The normalized spacial score (nSPS) is 27.8. The van der Waals surface area contributed by atoms with Crippen LogP contribution in [0.15, 0.2) is 35.3 Å². The Labute approximate surface area is 90.0 Å².